The van der Waals surface area contributed by atoms with Gasteiger partial charge in [-0.3, -0.25) is 0 Å². The van der Waals surface area contributed by atoms with Crippen molar-refractivity contribution in [3.8, 4) is 5.88 Å². The molecule has 18 heavy (non-hydrogen) atoms. The first-order valence-electron chi connectivity index (χ1n) is 6.67. The van der Waals surface area contributed by atoms with Gasteiger partial charge in [-0.05, 0) is 43.4 Å². The molecule has 0 unspecified atom stereocenters. The SMILES string of the molecule is CC(C)CNCc1cnc(OC2CCC2)c(Cl)c1. The molecule has 100 valence electrons. The van der Waals surface area contributed by atoms with Crippen molar-refractivity contribution in [1.82, 2.24) is 10.3 Å². The van der Waals surface area contributed by atoms with Crippen LogP contribution in [0.15, 0.2) is 12.3 Å². The van der Waals surface area contributed by atoms with Gasteiger partial charge < -0.3 is 10.1 Å². The van der Waals surface area contributed by atoms with E-state index < -0.39 is 0 Å². The fourth-order valence-electron chi connectivity index (χ4n) is 1.80. The van der Waals surface area contributed by atoms with Crippen molar-refractivity contribution in [2.75, 3.05) is 6.54 Å². The molecule has 0 saturated heterocycles. The van der Waals surface area contributed by atoms with Crippen LogP contribution < -0.4 is 10.1 Å². The van der Waals surface area contributed by atoms with Gasteiger partial charge in [0.15, 0.2) is 0 Å². The molecule has 0 aliphatic heterocycles. The van der Waals surface area contributed by atoms with Crippen molar-refractivity contribution in [2.45, 2.75) is 45.8 Å². The maximum absolute atomic E-state index is 6.18. The zero-order chi connectivity index (χ0) is 13.0. The van der Waals surface area contributed by atoms with Crippen LogP contribution in [0.25, 0.3) is 0 Å². The first-order valence-corrected chi connectivity index (χ1v) is 7.04. The molecule has 0 spiro atoms. The van der Waals surface area contributed by atoms with Gasteiger partial charge in [0.2, 0.25) is 5.88 Å². The average molecular weight is 269 g/mol. The molecule has 1 aliphatic carbocycles. The lowest BCUT2D eigenvalue weighted by molar-refractivity contribution is 0.114. The van der Waals surface area contributed by atoms with E-state index in [1.165, 1.54) is 6.42 Å². The van der Waals surface area contributed by atoms with E-state index in [0.29, 0.717) is 22.9 Å². The summed E-state index contributed by atoms with van der Waals surface area (Å²) in [7, 11) is 0. The van der Waals surface area contributed by atoms with Crippen LogP contribution in [0, 0.1) is 5.92 Å². The van der Waals surface area contributed by atoms with Gasteiger partial charge in [-0.2, -0.15) is 0 Å². The van der Waals surface area contributed by atoms with Gasteiger partial charge in [0, 0.05) is 12.7 Å². The number of halogens is 1. The largest absolute Gasteiger partial charge is 0.473 e. The minimum absolute atomic E-state index is 0.319. The molecular formula is C14H21ClN2O. The fraction of sp³-hybridized carbons (Fsp3) is 0.643. The summed E-state index contributed by atoms with van der Waals surface area (Å²) in [5, 5.41) is 3.99. The Morgan fingerprint density at radius 1 is 1.50 bits per heavy atom. The zero-order valence-electron chi connectivity index (χ0n) is 11.1. The van der Waals surface area contributed by atoms with Gasteiger partial charge >= 0.3 is 0 Å². The lowest BCUT2D eigenvalue weighted by Gasteiger charge is -2.26. The minimum Gasteiger partial charge on any atom is -0.473 e. The molecule has 0 amide bonds. The molecule has 1 saturated carbocycles. The highest BCUT2D eigenvalue weighted by molar-refractivity contribution is 6.31. The van der Waals surface area contributed by atoms with E-state index in [9.17, 15) is 0 Å². The standard InChI is InChI=1S/C14H21ClN2O/c1-10(2)7-16-8-11-6-13(15)14(17-9-11)18-12-4-3-5-12/h6,9-10,12,16H,3-5,7-8H2,1-2H3. The van der Waals surface area contributed by atoms with Crippen LogP contribution in [0.5, 0.6) is 5.88 Å². The van der Waals surface area contributed by atoms with E-state index in [-0.39, 0.29) is 0 Å². The van der Waals surface area contributed by atoms with Crippen molar-refractivity contribution in [2.24, 2.45) is 5.92 Å². The number of nitrogens with one attached hydrogen (secondary N) is 1. The van der Waals surface area contributed by atoms with E-state index >= 15 is 0 Å². The Bertz CT molecular complexity index is 391. The number of aromatic nitrogens is 1. The average Bonchev–Trinajstić information content (AvgIpc) is 2.25. The fourth-order valence-corrected chi connectivity index (χ4v) is 2.03. The molecule has 1 aliphatic rings. The maximum Gasteiger partial charge on any atom is 0.232 e. The summed E-state index contributed by atoms with van der Waals surface area (Å²) >= 11 is 6.18. The molecule has 0 radical (unpaired) electrons. The summed E-state index contributed by atoms with van der Waals surface area (Å²) in [4.78, 5) is 4.30. The third kappa shape index (κ3) is 3.85. The normalized spacial score (nSPS) is 15.8. The molecule has 1 N–H and O–H groups in total. The number of nitrogens with zero attached hydrogens (tertiary/aromatic N) is 1. The summed E-state index contributed by atoms with van der Waals surface area (Å²) in [5.41, 5.74) is 1.10. The lowest BCUT2D eigenvalue weighted by atomic mass is 9.96. The van der Waals surface area contributed by atoms with E-state index in [1.54, 1.807) is 0 Å². The monoisotopic (exact) mass is 268 g/mol. The highest BCUT2D eigenvalue weighted by atomic mass is 35.5. The predicted octanol–water partition coefficient (Wildman–Crippen LogP) is 3.41. The Morgan fingerprint density at radius 3 is 2.83 bits per heavy atom. The second-order valence-electron chi connectivity index (χ2n) is 5.33. The highest BCUT2D eigenvalue weighted by Gasteiger charge is 2.20. The molecule has 4 heteroatoms. The molecule has 1 heterocycles. The summed E-state index contributed by atoms with van der Waals surface area (Å²) in [6.07, 6.45) is 5.65. The second-order valence-corrected chi connectivity index (χ2v) is 5.73. The molecule has 1 aromatic rings. The number of pyridine rings is 1. The molecule has 0 aromatic carbocycles. The maximum atomic E-state index is 6.18. The van der Waals surface area contributed by atoms with E-state index in [2.05, 4.69) is 24.1 Å². The molecule has 3 nitrogen and oxygen atoms in total. The van der Waals surface area contributed by atoms with Crippen molar-refractivity contribution < 1.29 is 4.74 Å². The topological polar surface area (TPSA) is 34.2 Å². The van der Waals surface area contributed by atoms with Crippen molar-refractivity contribution >= 4 is 11.6 Å². The van der Waals surface area contributed by atoms with Crippen LogP contribution >= 0.6 is 11.6 Å². The number of rotatable bonds is 6. The summed E-state index contributed by atoms with van der Waals surface area (Å²) < 4.78 is 5.72. The van der Waals surface area contributed by atoms with Gasteiger partial charge in [0.25, 0.3) is 0 Å². The molecule has 1 aromatic heterocycles. The summed E-state index contributed by atoms with van der Waals surface area (Å²) in [5.74, 6) is 1.23. The zero-order valence-corrected chi connectivity index (χ0v) is 11.8. The van der Waals surface area contributed by atoms with Gasteiger partial charge in [-0.1, -0.05) is 25.4 Å². The quantitative estimate of drug-likeness (QED) is 0.859. The minimum atomic E-state index is 0.319. The molecule has 0 atom stereocenters. The first kappa shape index (κ1) is 13.6. The predicted molar refractivity (Wildman–Crippen MR) is 74.1 cm³/mol. The Kier molecular flexibility index (Phi) is 4.84. The first-order chi connectivity index (χ1) is 8.65. The lowest BCUT2D eigenvalue weighted by Crippen LogP contribution is -2.25. The van der Waals surface area contributed by atoms with Crippen LogP contribution in [-0.4, -0.2) is 17.6 Å². The van der Waals surface area contributed by atoms with Crippen LogP contribution in [0.1, 0.15) is 38.7 Å². The van der Waals surface area contributed by atoms with Crippen LogP contribution in [-0.2, 0) is 6.54 Å². The van der Waals surface area contributed by atoms with Crippen molar-refractivity contribution in [3.63, 3.8) is 0 Å². The Labute approximate surface area is 114 Å². The Balaban J connectivity index is 1.87. The van der Waals surface area contributed by atoms with E-state index in [4.69, 9.17) is 16.3 Å². The van der Waals surface area contributed by atoms with Crippen molar-refractivity contribution in [3.05, 3.63) is 22.8 Å². The third-order valence-corrected chi connectivity index (χ3v) is 3.35. The molecule has 0 bridgehead atoms. The van der Waals surface area contributed by atoms with Gasteiger partial charge in [-0.15, -0.1) is 0 Å². The van der Waals surface area contributed by atoms with E-state index in [0.717, 1.165) is 31.5 Å². The van der Waals surface area contributed by atoms with Gasteiger partial charge in [0.1, 0.15) is 11.1 Å². The molecular weight excluding hydrogens is 248 g/mol. The molecule has 2 rings (SSSR count). The number of ether oxygens (including phenoxy) is 1. The molecule has 1 fully saturated rings. The van der Waals surface area contributed by atoms with Crippen LogP contribution in [0.4, 0.5) is 0 Å². The van der Waals surface area contributed by atoms with E-state index in [1.807, 2.05) is 12.3 Å². The second kappa shape index (κ2) is 6.39. The Morgan fingerprint density at radius 2 is 2.28 bits per heavy atom. The van der Waals surface area contributed by atoms with Gasteiger partial charge in [0.05, 0.1) is 0 Å². The number of hydrogen-bond donors (Lipinski definition) is 1. The highest BCUT2D eigenvalue weighted by Crippen LogP contribution is 2.29. The number of hydrogen-bond acceptors (Lipinski definition) is 3. The smallest absolute Gasteiger partial charge is 0.232 e. The summed E-state index contributed by atoms with van der Waals surface area (Å²) in [6.45, 7) is 6.17. The Hall–Kier alpha value is -0.800. The van der Waals surface area contributed by atoms with Crippen LogP contribution in [0.2, 0.25) is 5.02 Å². The van der Waals surface area contributed by atoms with Crippen molar-refractivity contribution in [1.29, 1.82) is 0 Å². The van der Waals surface area contributed by atoms with Gasteiger partial charge in [-0.25, -0.2) is 4.98 Å². The van der Waals surface area contributed by atoms with Crippen LogP contribution in [0.3, 0.4) is 0 Å². The third-order valence-electron chi connectivity index (χ3n) is 3.08. The summed E-state index contributed by atoms with van der Waals surface area (Å²) in [6, 6.07) is 1.94.